The van der Waals surface area contributed by atoms with Crippen LogP contribution in [0.5, 0.6) is 0 Å². The molecule has 1 rings (SSSR count). The molecule has 2 N–H and O–H groups in total. The summed E-state index contributed by atoms with van der Waals surface area (Å²) in [4.78, 5) is 1.36. The van der Waals surface area contributed by atoms with E-state index in [1.54, 1.807) is 11.3 Å². The van der Waals surface area contributed by atoms with Crippen LogP contribution in [0.1, 0.15) is 22.9 Å². The Kier molecular flexibility index (Phi) is 4.12. The van der Waals surface area contributed by atoms with Crippen LogP contribution in [0.25, 0.3) is 0 Å². The van der Waals surface area contributed by atoms with Gasteiger partial charge in [-0.3, -0.25) is 0 Å². The Hall–Kier alpha value is 0.01000. The van der Waals surface area contributed by atoms with Gasteiger partial charge in [0, 0.05) is 10.9 Å². The van der Waals surface area contributed by atoms with Gasteiger partial charge < -0.3 is 5.73 Å². The van der Waals surface area contributed by atoms with Crippen LogP contribution < -0.4 is 5.73 Å². The van der Waals surface area contributed by atoms with Gasteiger partial charge in [-0.25, -0.2) is 0 Å². The summed E-state index contributed by atoms with van der Waals surface area (Å²) < 4.78 is 0. The Balaban J connectivity index is 2.52. The largest absolute Gasteiger partial charge is 0.324 e. The fourth-order valence-electron chi connectivity index (χ4n) is 1.18. The Bertz CT molecular complexity index is 232. The molecule has 0 bridgehead atoms. The molecule has 0 radical (unpaired) electrons. The molecule has 1 nitrogen and oxygen atoms in total. The van der Waals surface area contributed by atoms with Gasteiger partial charge in [-0.1, -0.05) is 0 Å². The first kappa shape index (κ1) is 10.1. The fourth-order valence-corrected chi connectivity index (χ4v) is 2.44. The molecule has 1 heterocycles. The van der Waals surface area contributed by atoms with Crippen molar-refractivity contribution in [3.05, 3.63) is 21.9 Å². The highest BCUT2D eigenvalue weighted by molar-refractivity contribution is 7.98. The monoisotopic (exact) mass is 201 g/mol. The topological polar surface area (TPSA) is 26.0 Å². The van der Waals surface area contributed by atoms with Crippen LogP contribution in [0.2, 0.25) is 0 Å². The van der Waals surface area contributed by atoms with Gasteiger partial charge in [-0.05, 0) is 42.4 Å². The second-order valence-electron chi connectivity index (χ2n) is 2.82. The molecule has 1 unspecified atom stereocenters. The van der Waals surface area contributed by atoms with E-state index in [1.807, 2.05) is 11.8 Å². The third-order valence-electron chi connectivity index (χ3n) is 1.93. The molecule has 0 saturated heterocycles. The summed E-state index contributed by atoms with van der Waals surface area (Å²) in [6.07, 6.45) is 3.20. The molecule has 12 heavy (non-hydrogen) atoms. The van der Waals surface area contributed by atoms with Crippen molar-refractivity contribution in [2.45, 2.75) is 19.4 Å². The predicted molar refractivity (Wildman–Crippen MR) is 59.0 cm³/mol. The highest BCUT2D eigenvalue weighted by atomic mass is 32.2. The van der Waals surface area contributed by atoms with Crippen molar-refractivity contribution in [3.8, 4) is 0 Å². The summed E-state index contributed by atoms with van der Waals surface area (Å²) in [7, 11) is 0. The van der Waals surface area contributed by atoms with E-state index in [0.29, 0.717) is 0 Å². The summed E-state index contributed by atoms with van der Waals surface area (Å²) in [5.74, 6) is 1.15. The standard InChI is InChI=1S/C9H15NS2/c1-7-8(3-6-12-7)9(10)4-5-11-2/h3,6,9H,4-5,10H2,1-2H3. The minimum absolute atomic E-state index is 0.240. The molecular formula is C9H15NS2. The first-order chi connectivity index (χ1) is 5.75. The number of hydrogen-bond acceptors (Lipinski definition) is 3. The van der Waals surface area contributed by atoms with Crippen molar-refractivity contribution in [3.63, 3.8) is 0 Å². The molecule has 3 heteroatoms. The molecule has 0 aromatic carbocycles. The number of hydrogen-bond donors (Lipinski definition) is 1. The van der Waals surface area contributed by atoms with Gasteiger partial charge in [0.05, 0.1) is 0 Å². The van der Waals surface area contributed by atoms with E-state index < -0.39 is 0 Å². The van der Waals surface area contributed by atoms with Gasteiger partial charge >= 0.3 is 0 Å². The average molecular weight is 201 g/mol. The molecule has 0 spiro atoms. The van der Waals surface area contributed by atoms with Gasteiger partial charge in [0.25, 0.3) is 0 Å². The first-order valence-electron chi connectivity index (χ1n) is 4.04. The molecule has 0 amide bonds. The zero-order chi connectivity index (χ0) is 8.97. The summed E-state index contributed by atoms with van der Waals surface area (Å²) >= 11 is 3.64. The Morgan fingerprint density at radius 3 is 2.92 bits per heavy atom. The maximum atomic E-state index is 6.02. The van der Waals surface area contributed by atoms with E-state index in [0.717, 1.165) is 12.2 Å². The van der Waals surface area contributed by atoms with Crippen LogP contribution in [-0.4, -0.2) is 12.0 Å². The zero-order valence-electron chi connectivity index (χ0n) is 7.54. The van der Waals surface area contributed by atoms with Crippen molar-refractivity contribution in [1.82, 2.24) is 0 Å². The van der Waals surface area contributed by atoms with Crippen molar-refractivity contribution < 1.29 is 0 Å². The highest BCUT2D eigenvalue weighted by Crippen LogP contribution is 2.23. The van der Waals surface area contributed by atoms with Crippen LogP contribution in [0.3, 0.4) is 0 Å². The molecule has 0 aliphatic rings. The second-order valence-corrected chi connectivity index (χ2v) is 4.93. The Morgan fingerprint density at radius 2 is 2.42 bits per heavy atom. The molecule has 68 valence electrons. The molecule has 0 aliphatic heterocycles. The summed E-state index contributed by atoms with van der Waals surface area (Å²) in [5.41, 5.74) is 7.35. The van der Waals surface area contributed by atoms with E-state index >= 15 is 0 Å². The third kappa shape index (κ3) is 2.51. The second kappa shape index (κ2) is 4.90. The van der Waals surface area contributed by atoms with Crippen molar-refractivity contribution in [2.75, 3.05) is 12.0 Å². The van der Waals surface area contributed by atoms with Gasteiger partial charge in [0.15, 0.2) is 0 Å². The van der Waals surface area contributed by atoms with Crippen LogP contribution in [0.4, 0.5) is 0 Å². The van der Waals surface area contributed by atoms with Gasteiger partial charge in [-0.15, -0.1) is 11.3 Å². The maximum absolute atomic E-state index is 6.02. The predicted octanol–water partition coefficient (Wildman–Crippen LogP) is 2.81. The number of nitrogens with two attached hydrogens (primary N) is 1. The molecule has 0 saturated carbocycles. The van der Waals surface area contributed by atoms with Crippen LogP contribution in [0.15, 0.2) is 11.4 Å². The smallest absolute Gasteiger partial charge is 0.0313 e. The molecule has 0 fully saturated rings. The lowest BCUT2D eigenvalue weighted by molar-refractivity contribution is 0.704. The molecule has 1 aromatic heterocycles. The lowest BCUT2D eigenvalue weighted by Crippen LogP contribution is -2.11. The molecule has 0 aliphatic carbocycles. The van der Waals surface area contributed by atoms with E-state index in [2.05, 4.69) is 24.6 Å². The van der Waals surface area contributed by atoms with Gasteiger partial charge in [0.2, 0.25) is 0 Å². The minimum Gasteiger partial charge on any atom is -0.324 e. The first-order valence-corrected chi connectivity index (χ1v) is 6.31. The molecule has 1 atom stereocenters. The van der Waals surface area contributed by atoms with Crippen molar-refractivity contribution in [2.24, 2.45) is 5.73 Å². The summed E-state index contributed by atoms with van der Waals surface area (Å²) in [6.45, 7) is 2.14. The van der Waals surface area contributed by atoms with E-state index in [4.69, 9.17) is 5.73 Å². The van der Waals surface area contributed by atoms with Crippen LogP contribution in [-0.2, 0) is 0 Å². The van der Waals surface area contributed by atoms with E-state index in [1.165, 1.54) is 10.4 Å². The normalized spacial score (nSPS) is 13.2. The molecule has 1 aromatic rings. The number of rotatable bonds is 4. The van der Waals surface area contributed by atoms with Crippen molar-refractivity contribution >= 4 is 23.1 Å². The van der Waals surface area contributed by atoms with Crippen molar-refractivity contribution in [1.29, 1.82) is 0 Å². The maximum Gasteiger partial charge on any atom is 0.0313 e. The lowest BCUT2D eigenvalue weighted by Gasteiger charge is -2.09. The lowest BCUT2D eigenvalue weighted by atomic mass is 10.1. The third-order valence-corrected chi connectivity index (χ3v) is 3.44. The fraction of sp³-hybridized carbons (Fsp3) is 0.556. The highest BCUT2D eigenvalue weighted by Gasteiger charge is 2.08. The Morgan fingerprint density at radius 1 is 1.67 bits per heavy atom. The molecular weight excluding hydrogens is 186 g/mol. The van der Waals surface area contributed by atoms with Crippen LogP contribution >= 0.6 is 23.1 Å². The number of aryl methyl sites for hydroxylation is 1. The average Bonchev–Trinajstić information content (AvgIpc) is 2.47. The minimum atomic E-state index is 0.240. The van der Waals surface area contributed by atoms with Gasteiger partial charge in [-0.2, -0.15) is 11.8 Å². The van der Waals surface area contributed by atoms with Gasteiger partial charge in [0.1, 0.15) is 0 Å². The van der Waals surface area contributed by atoms with Crippen LogP contribution in [0, 0.1) is 6.92 Å². The number of thiophene rings is 1. The Labute approximate surface area is 82.4 Å². The SMILES string of the molecule is CSCCC(N)c1ccsc1C. The van der Waals surface area contributed by atoms with E-state index in [9.17, 15) is 0 Å². The summed E-state index contributed by atoms with van der Waals surface area (Å²) in [6, 6.07) is 2.38. The summed E-state index contributed by atoms with van der Waals surface area (Å²) in [5, 5.41) is 2.11. The number of thioether (sulfide) groups is 1. The zero-order valence-corrected chi connectivity index (χ0v) is 9.17. The van der Waals surface area contributed by atoms with E-state index in [-0.39, 0.29) is 6.04 Å². The quantitative estimate of drug-likeness (QED) is 0.810.